The molecular formula is C28H56O2S2. The van der Waals surface area contributed by atoms with Gasteiger partial charge in [0.2, 0.25) is 0 Å². The van der Waals surface area contributed by atoms with Crippen molar-refractivity contribution >= 4 is 29.8 Å². The van der Waals surface area contributed by atoms with Crippen LogP contribution in [0.2, 0.25) is 0 Å². The molecular weight excluding hydrogens is 432 g/mol. The first-order valence-electron chi connectivity index (χ1n) is 14.2. The van der Waals surface area contributed by atoms with Crippen molar-refractivity contribution in [3.05, 3.63) is 0 Å². The predicted molar refractivity (Wildman–Crippen MR) is 149 cm³/mol. The summed E-state index contributed by atoms with van der Waals surface area (Å²) in [6, 6.07) is 0. The molecule has 0 bridgehead atoms. The number of rotatable bonds is 26. The van der Waals surface area contributed by atoms with Crippen LogP contribution < -0.4 is 0 Å². The van der Waals surface area contributed by atoms with E-state index in [1.165, 1.54) is 134 Å². The second-order valence-electron chi connectivity index (χ2n) is 9.38. The summed E-state index contributed by atoms with van der Waals surface area (Å²) in [7, 11) is 0. The van der Waals surface area contributed by atoms with Crippen molar-refractivity contribution in [2.45, 2.75) is 161 Å². The van der Waals surface area contributed by atoms with Crippen LogP contribution in [-0.4, -0.2) is 22.7 Å². The van der Waals surface area contributed by atoms with Crippen molar-refractivity contribution in [2.24, 2.45) is 0 Å². The second-order valence-corrected chi connectivity index (χ2v) is 11.5. The van der Waals surface area contributed by atoms with E-state index in [0.29, 0.717) is 0 Å². The third kappa shape index (κ3) is 23.3. The first-order chi connectivity index (χ1) is 15.8. The lowest BCUT2D eigenvalue weighted by atomic mass is 10.1. The molecule has 192 valence electrons. The minimum atomic E-state index is 0.0277. The highest BCUT2D eigenvalue weighted by Crippen LogP contribution is 2.24. The maximum absolute atomic E-state index is 12.7. The largest absolute Gasteiger partial charge is 0.391 e. The van der Waals surface area contributed by atoms with E-state index in [9.17, 15) is 4.79 Å². The highest BCUT2D eigenvalue weighted by molar-refractivity contribution is 8.00. The van der Waals surface area contributed by atoms with Crippen LogP contribution in [0.5, 0.6) is 0 Å². The Labute approximate surface area is 210 Å². The molecule has 0 N–H and O–H groups in total. The van der Waals surface area contributed by atoms with E-state index in [0.717, 1.165) is 24.3 Å². The molecule has 0 rings (SSSR count). The molecule has 2 nitrogen and oxygen atoms in total. The Bertz CT molecular complexity index is 376. The van der Waals surface area contributed by atoms with E-state index >= 15 is 0 Å². The zero-order valence-electron chi connectivity index (χ0n) is 22.0. The summed E-state index contributed by atoms with van der Waals surface area (Å²) in [5.74, 6) is 2.08. The molecule has 1 unspecified atom stereocenters. The van der Waals surface area contributed by atoms with Gasteiger partial charge in [-0.15, -0.1) is 11.8 Å². The minimum absolute atomic E-state index is 0.0277. The minimum Gasteiger partial charge on any atom is -0.391 e. The first kappa shape index (κ1) is 32.2. The van der Waals surface area contributed by atoms with Gasteiger partial charge in [-0.3, -0.25) is 0 Å². The van der Waals surface area contributed by atoms with Gasteiger partial charge < -0.3 is 4.18 Å². The van der Waals surface area contributed by atoms with Crippen LogP contribution in [-0.2, 0) is 8.98 Å². The van der Waals surface area contributed by atoms with Gasteiger partial charge in [0.1, 0.15) is 5.25 Å². The van der Waals surface area contributed by atoms with Gasteiger partial charge in [0.05, 0.1) is 12.0 Å². The lowest BCUT2D eigenvalue weighted by molar-refractivity contribution is -0.132. The van der Waals surface area contributed by atoms with Crippen molar-refractivity contribution in [1.82, 2.24) is 0 Å². The Morgan fingerprint density at radius 2 is 0.969 bits per heavy atom. The molecule has 0 spiro atoms. The molecule has 0 saturated carbocycles. The Hall–Kier alpha value is 0.170. The summed E-state index contributed by atoms with van der Waals surface area (Å²) in [4.78, 5) is 12.7. The van der Waals surface area contributed by atoms with Crippen LogP contribution in [0.15, 0.2) is 0 Å². The molecule has 0 aromatic rings. The lowest BCUT2D eigenvalue weighted by Crippen LogP contribution is -2.19. The van der Waals surface area contributed by atoms with Gasteiger partial charge >= 0.3 is 5.97 Å². The molecule has 4 heteroatoms. The summed E-state index contributed by atoms with van der Waals surface area (Å²) >= 11 is 3.26. The van der Waals surface area contributed by atoms with Crippen LogP contribution in [0.4, 0.5) is 0 Å². The third-order valence-electron chi connectivity index (χ3n) is 6.12. The predicted octanol–water partition coefficient (Wildman–Crippen LogP) is 10.5. The molecule has 0 saturated heterocycles. The smallest absolute Gasteiger partial charge is 0.331 e. The summed E-state index contributed by atoms with van der Waals surface area (Å²) in [6.07, 6.45) is 27.2. The molecule has 0 aromatic heterocycles. The maximum Gasteiger partial charge on any atom is 0.331 e. The normalized spacial score (nSPS) is 12.2. The maximum atomic E-state index is 12.7. The van der Waals surface area contributed by atoms with Crippen molar-refractivity contribution < 1.29 is 8.98 Å². The van der Waals surface area contributed by atoms with Gasteiger partial charge in [0, 0.05) is 5.75 Å². The molecule has 0 aliphatic heterocycles. The zero-order chi connectivity index (χ0) is 23.5. The lowest BCUT2D eigenvalue weighted by Gasteiger charge is -2.15. The number of carbonyl (C=O) groups is 1. The topological polar surface area (TPSA) is 26.3 Å². The first-order valence-corrected chi connectivity index (χ1v) is 16.2. The molecule has 0 aliphatic carbocycles. The highest BCUT2D eigenvalue weighted by Gasteiger charge is 2.20. The Morgan fingerprint density at radius 3 is 1.47 bits per heavy atom. The van der Waals surface area contributed by atoms with Crippen molar-refractivity contribution in [2.75, 3.05) is 11.5 Å². The average Bonchev–Trinajstić information content (AvgIpc) is 2.80. The van der Waals surface area contributed by atoms with Gasteiger partial charge in [0.15, 0.2) is 0 Å². The third-order valence-corrected chi connectivity index (χ3v) is 8.21. The standard InChI is InChI=1S/C28H56O2S2/c1-4-7-10-13-16-17-18-21-24-27(31-25-22-19-14-11-8-5-2)28(29)30-32-26-23-20-15-12-9-6-3/h27H,4-26H2,1-3H3. The summed E-state index contributed by atoms with van der Waals surface area (Å²) < 4.78 is 5.62. The van der Waals surface area contributed by atoms with Crippen LogP contribution in [0.25, 0.3) is 0 Å². The fourth-order valence-corrected chi connectivity index (χ4v) is 5.81. The highest BCUT2D eigenvalue weighted by atomic mass is 32.2. The number of hydrogen-bond acceptors (Lipinski definition) is 4. The van der Waals surface area contributed by atoms with Gasteiger partial charge in [-0.1, -0.05) is 136 Å². The van der Waals surface area contributed by atoms with E-state index in [4.69, 9.17) is 4.18 Å². The molecule has 32 heavy (non-hydrogen) atoms. The second kappa shape index (κ2) is 27.4. The molecule has 0 aromatic carbocycles. The Balaban J connectivity index is 4.03. The van der Waals surface area contributed by atoms with E-state index in [-0.39, 0.29) is 11.2 Å². The Morgan fingerprint density at radius 1 is 0.562 bits per heavy atom. The van der Waals surface area contributed by atoms with Gasteiger partial charge in [-0.25, -0.2) is 4.79 Å². The fourth-order valence-electron chi connectivity index (χ4n) is 3.94. The molecule has 0 heterocycles. The molecule has 0 amide bonds. The van der Waals surface area contributed by atoms with Crippen molar-refractivity contribution in [3.63, 3.8) is 0 Å². The van der Waals surface area contributed by atoms with Gasteiger partial charge in [0.25, 0.3) is 0 Å². The van der Waals surface area contributed by atoms with Gasteiger partial charge in [-0.2, -0.15) is 0 Å². The number of thioether (sulfide) groups is 1. The van der Waals surface area contributed by atoms with Crippen LogP contribution in [0.1, 0.15) is 156 Å². The molecule has 0 aliphatic rings. The van der Waals surface area contributed by atoms with E-state index in [1.54, 1.807) is 0 Å². The number of carbonyl (C=O) groups excluding carboxylic acids is 1. The molecule has 1 atom stereocenters. The van der Waals surface area contributed by atoms with E-state index in [2.05, 4.69) is 20.8 Å². The zero-order valence-corrected chi connectivity index (χ0v) is 23.6. The summed E-state index contributed by atoms with van der Waals surface area (Å²) in [5.41, 5.74) is 0. The molecule has 0 fully saturated rings. The van der Waals surface area contributed by atoms with Crippen molar-refractivity contribution in [1.29, 1.82) is 0 Å². The number of unbranched alkanes of at least 4 members (excludes halogenated alkanes) is 17. The summed E-state index contributed by atoms with van der Waals surface area (Å²) in [6.45, 7) is 6.79. The van der Waals surface area contributed by atoms with E-state index < -0.39 is 0 Å². The number of hydrogen-bond donors (Lipinski definition) is 0. The van der Waals surface area contributed by atoms with Crippen LogP contribution in [0, 0.1) is 0 Å². The monoisotopic (exact) mass is 488 g/mol. The molecule has 0 radical (unpaired) electrons. The van der Waals surface area contributed by atoms with Crippen LogP contribution >= 0.6 is 23.8 Å². The Kier molecular flexibility index (Phi) is 27.6. The summed E-state index contributed by atoms with van der Waals surface area (Å²) in [5, 5.41) is 0.0442. The van der Waals surface area contributed by atoms with Crippen LogP contribution in [0.3, 0.4) is 0 Å². The van der Waals surface area contributed by atoms with Crippen molar-refractivity contribution in [3.8, 4) is 0 Å². The quantitative estimate of drug-likeness (QED) is 0.0893. The van der Waals surface area contributed by atoms with Gasteiger partial charge in [-0.05, 0) is 25.0 Å². The fraction of sp³-hybridized carbons (Fsp3) is 0.964. The van der Waals surface area contributed by atoms with E-state index in [1.807, 2.05) is 11.8 Å². The SMILES string of the molecule is CCCCCCCCCCC(SCCCCCCCC)C(=O)OSCCCCCCCC. The average molecular weight is 489 g/mol.